The Balaban J connectivity index is 2.92. The summed E-state index contributed by atoms with van der Waals surface area (Å²) in [6.45, 7) is 7.77. The zero-order valence-electron chi connectivity index (χ0n) is 9.65. The number of hydrogen-bond donors (Lipinski definition) is 1. The standard InChI is InChI=1S/C12H18O3/c1-8(2)14-11-6-5-10(13)7-12(11)15-9(3)4/h5-9,13H,1-4H3. The lowest BCUT2D eigenvalue weighted by atomic mass is 10.3. The van der Waals surface area contributed by atoms with E-state index in [0.29, 0.717) is 11.5 Å². The smallest absolute Gasteiger partial charge is 0.165 e. The van der Waals surface area contributed by atoms with Gasteiger partial charge in [-0.1, -0.05) is 0 Å². The van der Waals surface area contributed by atoms with Gasteiger partial charge in [-0.15, -0.1) is 0 Å². The van der Waals surface area contributed by atoms with E-state index in [0.717, 1.165) is 0 Å². The highest BCUT2D eigenvalue weighted by Gasteiger charge is 2.09. The molecule has 0 unspecified atom stereocenters. The molecule has 0 aliphatic rings. The van der Waals surface area contributed by atoms with Crippen molar-refractivity contribution in [1.82, 2.24) is 0 Å². The minimum Gasteiger partial charge on any atom is -0.508 e. The molecule has 1 aromatic carbocycles. The molecule has 0 saturated carbocycles. The third-order valence-electron chi connectivity index (χ3n) is 1.65. The van der Waals surface area contributed by atoms with Crippen LogP contribution >= 0.6 is 0 Å². The van der Waals surface area contributed by atoms with E-state index in [4.69, 9.17) is 9.47 Å². The summed E-state index contributed by atoms with van der Waals surface area (Å²) in [7, 11) is 0. The monoisotopic (exact) mass is 210 g/mol. The summed E-state index contributed by atoms with van der Waals surface area (Å²) >= 11 is 0. The minimum absolute atomic E-state index is 0.0568. The molecule has 0 bridgehead atoms. The summed E-state index contributed by atoms with van der Waals surface area (Å²) < 4.78 is 11.1. The van der Waals surface area contributed by atoms with Crippen molar-refractivity contribution in [2.45, 2.75) is 39.9 Å². The fourth-order valence-electron chi connectivity index (χ4n) is 1.19. The van der Waals surface area contributed by atoms with Crippen molar-refractivity contribution in [3.63, 3.8) is 0 Å². The maximum Gasteiger partial charge on any atom is 0.165 e. The van der Waals surface area contributed by atoms with Gasteiger partial charge < -0.3 is 14.6 Å². The maximum absolute atomic E-state index is 9.35. The molecule has 0 aromatic heterocycles. The largest absolute Gasteiger partial charge is 0.508 e. The van der Waals surface area contributed by atoms with E-state index in [-0.39, 0.29) is 18.0 Å². The van der Waals surface area contributed by atoms with E-state index in [9.17, 15) is 5.11 Å². The highest BCUT2D eigenvalue weighted by molar-refractivity contribution is 5.45. The Bertz CT molecular complexity index is 319. The van der Waals surface area contributed by atoms with Crippen LogP contribution in [0.25, 0.3) is 0 Å². The fraction of sp³-hybridized carbons (Fsp3) is 0.500. The van der Waals surface area contributed by atoms with Gasteiger partial charge in [-0.3, -0.25) is 0 Å². The summed E-state index contributed by atoms with van der Waals surface area (Å²) in [6.07, 6.45) is 0.144. The summed E-state index contributed by atoms with van der Waals surface area (Å²) in [5, 5.41) is 9.35. The van der Waals surface area contributed by atoms with Gasteiger partial charge in [0.2, 0.25) is 0 Å². The van der Waals surface area contributed by atoms with Crippen LogP contribution in [0.15, 0.2) is 18.2 Å². The van der Waals surface area contributed by atoms with Crippen LogP contribution in [0.5, 0.6) is 17.2 Å². The maximum atomic E-state index is 9.35. The first-order chi connectivity index (χ1) is 6.99. The van der Waals surface area contributed by atoms with Crippen molar-refractivity contribution in [3.8, 4) is 17.2 Å². The van der Waals surface area contributed by atoms with Gasteiger partial charge in [0.1, 0.15) is 5.75 Å². The SMILES string of the molecule is CC(C)Oc1ccc(O)cc1OC(C)C. The molecular formula is C12H18O3. The average molecular weight is 210 g/mol. The predicted octanol–water partition coefficient (Wildman–Crippen LogP) is 2.97. The second-order valence-electron chi connectivity index (χ2n) is 3.96. The molecule has 0 atom stereocenters. The van der Waals surface area contributed by atoms with Crippen molar-refractivity contribution in [2.24, 2.45) is 0 Å². The van der Waals surface area contributed by atoms with Crippen LogP contribution in [0.4, 0.5) is 0 Å². The van der Waals surface area contributed by atoms with E-state index >= 15 is 0 Å². The molecule has 1 N–H and O–H groups in total. The molecule has 0 heterocycles. The predicted molar refractivity (Wildman–Crippen MR) is 59.6 cm³/mol. The van der Waals surface area contributed by atoms with Crippen LogP contribution < -0.4 is 9.47 Å². The lowest BCUT2D eigenvalue weighted by Gasteiger charge is -2.16. The van der Waals surface area contributed by atoms with Crippen molar-refractivity contribution in [1.29, 1.82) is 0 Å². The molecule has 0 radical (unpaired) electrons. The Morgan fingerprint density at radius 3 is 2.00 bits per heavy atom. The lowest BCUT2D eigenvalue weighted by molar-refractivity contribution is 0.198. The van der Waals surface area contributed by atoms with E-state index < -0.39 is 0 Å². The van der Waals surface area contributed by atoms with Gasteiger partial charge in [-0.25, -0.2) is 0 Å². The number of phenolic OH excluding ortho intramolecular Hbond substituents is 1. The van der Waals surface area contributed by atoms with Crippen LogP contribution in [0, 0.1) is 0 Å². The lowest BCUT2D eigenvalue weighted by Crippen LogP contribution is -2.10. The Hall–Kier alpha value is -1.38. The van der Waals surface area contributed by atoms with Gasteiger partial charge in [0.05, 0.1) is 12.2 Å². The van der Waals surface area contributed by atoms with Crippen molar-refractivity contribution in [3.05, 3.63) is 18.2 Å². The highest BCUT2D eigenvalue weighted by Crippen LogP contribution is 2.32. The molecule has 15 heavy (non-hydrogen) atoms. The van der Waals surface area contributed by atoms with Gasteiger partial charge in [-0.2, -0.15) is 0 Å². The number of phenols is 1. The number of hydrogen-bond acceptors (Lipinski definition) is 3. The Labute approximate surface area is 90.6 Å². The Morgan fingerprint density at radius 2 is 1.47 bits per heavy atom. The molecule has 0 amide bonds. The molecule has 0 spiro atoms. The molecule has 84 valence electrons. The van der Waals surface area contributed by atoms with Gasteiger partial charge in [-0.05, 0) is 39.8 Å². The van der Waals surface area contributed by atoms with Crippen LogP contribution in [-0.4, -0.2) is 17.3 Å². The summed E-state index contributed by atoms with van der Waals surface area (Å²) in [5.74, 6) is 1.43. The third kappa shape index (κ3) is 3.70. The molecular weight excluding hydrogens is 192 g/mol. The fourth-order valence-corrected chi connectivity index (χ4v) is 1.19. The van der Waals surface area contributed by atoms with Gasteiger partial charge in [0.15, 0.2) is 11.5 Å². The molecule has 0 fully saturated rings. The topological polar surface area (TPSA) is 38.7 Å². The number of benzene rings is 1. The molecule has 3 nitrogen and oxygen atoms in total. The average Bonchev–Trinajstić information content (AvgIpc) is 2.08. The van der Waals surface area contributed by atoms with E-state index in [1.54, 1.807) is 18.2 Å². The van der Waals surface area contributed by atoms with Crippen LogP contribution in [0.3, 0.4) is 0 Å². The molecule has 0 aliphatic carbocycles. The second-order valence-corrected chi connectivity index (χ2v) is 3.96. The number of aromatic hydroxyl groups is 1. The first-order valence-corrected chi connectivity index (χ1v) is 5.15. The van der Waals surface area contributed by atoms with Crippen LogP contribution in [0.2, 0.25) is 0 Å². The third-order valence-corrected chi connectivity index (χ3v) is 1.65. The Kier molecular flexibility index (Phi) is 3.83. The highest BCUT2D eigenvalue weighted by atomic mass is 16.5. The van der Waals surface area contributed by atoms with Gasteiger partial charge >= 0.3 is 0 Å². The molecule has 3 heteroatoms. The first-order valence-electron chi connectivity index (χ1n) is 5.15. The zero-order chi connectivity index (χ0) is 11.4. The van der Waals surface area contributed by atoms with Crippen molar-refractivity contribution >= 4 is 0 Å². The molecule has 0 saturated heterocycles. The second kappa shape index (κ2) is 4.91. The van der Waals surface area contributed by atoms with Crippen LogP contribution in [-0.2, 0) is 0 Å². The zero-order valence-corrected chi connectivity index (χ0v) is 9.65. The number of ether oxygens (including phenoxy) is 2. The summed E-state index contributed by atoms with van der Waals surface area (Å²) in [4.78, 5) is 0. The minimum atomic E-state index is 0.0568. The normalized spacial score (nSPS) is 10.8. The molecule has 0 aliphatic heterocycles. The summed E-state index contributed by atoms with van der Waals surface area (Å²) in [5.41, 5.74) is 0. The van der Waals surface area contributed by atoms with Gasteiger partial charge in [0.25, 0.3) is 0 Å². The van der Waals surface area contributed by atoms with E-state index in [1.807, 2.05) is 27.7 Å². The number of rotatable bonds is 4. The quantitative estimate of drug-likeness (QED) is 0.830. The van der Waals surface area contributed by atoms with Crippen LogP contribution in [0.1, 0.15) is 27.7 Å². The Morgan fingerprint density at radius 1 is 0.933 bits per heavy atom. The van der Waals surface area contributed by atoms with Crippen molar-refractivity contribution in [2.75, 3.05) is 0 Å². The van der Waals surface area contributed by atoms with E-state index in [2.05, 4.69) is 0 Å². The molecule has 1 aromatic rings. The van der Waals surface area contributed by atoms with Gasteiger partial charge in [0, 0.05) is 6.07 Å². The first kappa shape index (κ1) is 11.7. The van der Waals surface area contributed by atoms with Crippen molar-refractivity contribution < 1.29 is 14.6 Å². The van der Waals surface area contributed by atoms with E-state index in [1.165, 1.54) is 0 Å². The summed E-state index contributed by atoms with van der Waals surface area (Å²) in [6, 6.07) is 4.87. The molecule has 1 rings (SSSR count).